The van der Waals surface area contributed by atoms with Crippen LogP contribution in [-0.2, 0) is 9.47 Å². The first kappa shape index (κ1) is 38.8. The molecule has 0 unspecified atom stereocenters. The van der Waals surface area contributed by atoms with E-state index in [-0.39, 0.29) is 11.9 Å². The Morgan fingerprint density at radius 2 is 0.562 bits per heavy atom. The number of benzene rings is 11. The van der Waals surface area contributed by atoms with Crippen molar-refractivity contribution < 1.29 is 19.1 Å². The number of ether oxygens (including phenoxy) is 2. The van der Waals surface area contributed by atoms with E-state index < -0.39 is 0 Å². The molecular formula is C60H42O4. The van der Waals surface area contributed by atoms with Gasteiger partial charge in [-0.1, -0.05) is 158 Å². The van der Waals surface area contributed by atoms with E-state index in [1.165, 1.54) is 0 Å². The van der Waals surface area contributed by atoms with Crippen LogP contribution in [0.1, 0.15) is 34.6 Å². The summed E-state index contributed by atoms with van der Waals surface area (Å²) in [6.45, 7) is 4.30. The van der Waals surface area contributed by atoms with E-state index in [0.717, 1.165) is 109 Å². The van der Waals surface area contributed by atoms with Crippen molar-refractivity contribution in [2.24, 2.45) is 0 Å². The predicted molar refractivity (Wildman–Crippen MR) is 265 cm³/mol. The fourth-order valence-corrected chi connectivity index (χ4v) is 9.86. The average molecular weight is 827 g/mol. The molecule has 0 saturated carbocycles. The van der Waals surface area contributed by atoms with Crippen molar-refractivity contribution in [2.45, 2.75) is 13.8 Å². The third-order valence-corrected chi connectivity index (χ3v) is 12.7. The lowest BCUT2D eigenvalue weighted by atomic mass is 9.86. The molecule has 11 rings (SSSR count). The highest BCUT2D eigenvalue weighted by Gasteiger charge is 2.21. The van der Waals surface area contributed by atoms with E-state index in [2.05, 4.69) is 146 Å². The van der Waals surface area contributed by atoms with Crippen LogP contribution >= 0.6 is 0 Å². The molecule has 0 aromatic heterocycles. The molecule has 0 aliphatic heterocycles. The normalized spacial score (nSPS) is 11.5. The Balaban J connectivity index is 1.08. The van der Waals surface area contributed by atoms with Gasteiger partial charge in [-0.2, -0.15) is 0 Å². The predicted octanol–water partition coefficient (Wildman–Crippen LogP) is 15.6. The largest absolute Gasteiger partial charge is 0.462 e. The molecule has 0 spiro atoms. The lowest BCUT2D eigenvalue weighted by Gasteiger charge is -2.18. The maximum absolute atomic E-state index is 13.2. The molecular weight excluding hydrogens is 785 g/mol. The maximum Gasteiger partial charge on any atom is 0.338 e. The van der Waals surface area contributed by atoms with Gasteiger partial charge in [0.1, 0.15) is 0 Å². The Labute approximate surface area is 370 Å². The van der Waals surface area contributed by atoms with E-state index in [9.17, 15) is 9.59 Å². The van der Waals surface area contributed by atoms with E-state index in [1.54, 1.807) is 0 Å². The zero-order chi connectivity index (χ0) is 43.3. The lowest BCUT2D eigenvalue weighted by molar-refractivity contribution is 0.0517. The summed E-state index contributed by atoms with van der Waals surface area (Å²) in [6.07, 6.45) is 0. The van der Waals surface area contributed by atoms with Crippen LogP contribution in [0.15, 0.2) is 194 Å². The van der Waals surface area contributed by atoms with Crippen LogP contribution in [-0.4, -0.2) is 25.2 Å². The monoisotopic (exact) mass is 826 g/mol. The number of carbonyl (C=O) groups excluding carboxylic acids is 2. The minimum Gasteiger partial charge on any atom is -0.462 e. The molecule has 0 bridgehead atoms. The van der Waals surface area contributed by atoms with Crippen LogP contribution < -0.4 is 0 Å². The van der Waals surface area contributed by atoms with Crippen molar-refractivity contribution in [1.29, 1.82) is 0 Å². The molecule has 0 radical (unpaired) electrons. The van der Waals surface area contributed by atoms with Crippen molar-refractivity contribution in [3.63, 3.8) is 0 Å². The van der Waals surface area contributed by atoms with Gasteiger partial charge in [-0.25, -0.2) is 9.59 Å². The van der Waals surface area contributed by atoms with Gasteiger partial charge < -0.3 is 9.47 Å². The molecule has 0 fully saturated rings. The third-order valence-electron chi connectivity index (χ3n) is 12.7. The van der Waals surface area contributed by atoms with Gasteiger partial charge in [0, 0.05) is 0 Å². The molecule has 0 aliphatic carbocycles. The van der Waals surface area contributed by atoms with Crippen molar-refractivity contribution in [3.05, 3.63) is 205 Å². The molecule has 11 aromatic rings. The van der Waals surface area contributed by atoms with Crippen LogP contribution in [0.25, 0.3) is 109 Å². The molecule has 0 aliphatic rings. The SMILES string of the molecule is CCOC(=O)c1ccccc1-c1cc2c3ccccc3c(-c3ccc(-c4cc5c6ccccc6c(-c6ccccc6C(=O)OCC)cc5c5ccccc45)cc3)cc2c2ccccc12. The van der Waals surface area contributed by atoms with Gasteiger partial charge in [0.15, 0.2) is 0 Å². The second kappa shape index (κ2) is 16.0. The number of rotatable bonds is 8. The van der Waals surface area contributed by atoms with Crippen LogP contribution in [0.3, 0.4) is 0 Å². The lowest BCUT2D eigenvalue weighted by Crippen LogP contribution is -2.06. The molecule has 11 aromatic carbocycles. The summed E-state index contributed by atoms with van der Waals surface area (Å²) in [5.74, 6) is -0.641. The highest BCUT2D eigenvalue weighted by Crippen LogP contribution is 2.45. The summed E-state index contributed by atoms with van der Waals surface area (Å²) in [5.41, 5.74) is 9.41. The number of hydrogen-bond acceptors (Lipinski definition) is 4. The van der Waals surface area contributed by atoms with E-state index in [0.29, 0.717) is 24.3 Å². The summed E-state index contributed by atoms with van der Waals surface area (Å²) in [5, 5.41) is 13.6. The number of carbonyl (C=O) groups is 2. The summed E-state index contributed by atoms with van der Waals surface area (Å²) in [7, 11) is 0. The molecule has 306 valence electrons. The Bertz CT molecular complexity index is 3430. The molecule has 4 nitrogen and oxygen atoms in total. The Kier molecular flexibility index (Phi) is 9.70. The zero-order valence-corrected chi connectivity index (χ0v) is 35.5. The standard InChI is InChI=1S/C60H42O4/c1-3-63-59(61)49-27-15-13-25-47(49)53-35-57-41-19-7-5-17-39(41)51(33-55(57)45-23-11-9-21-43(45)53)37-29-31-38(32-30-37)52-34-56-46-24-12-10-22-44(46)54(36-58(56)42-20-8-6-18-40(42)52)48-26-14-16-28-50(48)60(62)64-4-2/h5-36H,3-4H2,1-2H3. The second-order valence-corrected chi connectivity index (χ2v) is 16.2. The first-order chi connectivity index (χ1) is 31.5. The van der Waals surface area contributed by atoms with Crippen LogP contribution in [0.2, 0.25) is 0 Å². The van der Waals surface area contributed by atoms with Gasteiger partial charge in [0.05, 0.1) is 24.3 Å². The first-order valence-corrected chi connectivity index (χ1v) is 21.9. The highest BCUT2D eigenvalue weighted by molar-refractivity contribution is 6.26. The summed E-state index contributed by atoms with van der Waals surface area (Å²) in [4.78, 5) is 26.4. The second-order valence-electron chi connectivity index (χ2n) is 16.2. The van der Waals surface area contributed by atoms with Gasteiger partial charge >= 0.3 is 11.9 Å². The van der Waals surface area contributed by atoms with E-state index >= 15 is 0 Å². The Morgan fingerprint density at radius 1 is 0.297 bits per heavy atom. The van der Waals surface area contributed by atoms with Gasteiger partial charge in [0.25, 0.3) is 0 Å². The minimum atomic E-state index is -0.320. The highest BCUT2D eigenvalue weighted by atomic mass is 16.5. The third kappa shape index (κ3) is 6.37. The summed E-state index contributed by atoms with van der Waals surface area (Å²) in [6, 6.07) is 67.9. The fourth-order valence-electron chi connectivity index (χ4n) is 9.86. The smallest absolute Gasteiger partial charge is 0.338 e. The fraction of sp³-hybridized carbons (Fsp3) is 0.0667. The van der Waals surface area contributed by atoms with Gasteiger partial charge in [-0.3, -0.25) is 0 Å². The zero-order valence-electron chi connectivity index (χ0n) is 35.5. The molecule has 0 amide bonds. The van der Waals surface area contributed by atoms with Crippen molar-refractivity contribution in [2.75, 3.05) is 13.2 Å². The average Bonchev–Trinajstić information content (AvgIpc) is 3.35. The molecule has 64 heavy (non-hydrogen) atoms. The van der Waals surface area contributed by atoms with Gasteiger partial charge in [-0.15, -0.1) is 0 Å². The number of hydrogen-bond donors (Lipinski definition) is 0. The Hall–Kier alpha value is -8.08. The Morgan fingerprint density at radius 3 is 0.891 bits per heavy atom. The van der Waals surface area contributed by atoms with Crippen molar-refractivity contribution >= 4 is 76.6 Å². The van der Waals surface area contributed by atoms with Crippen molar-refractivity contribution in [1.82, 2.24) is 0 Å². The number of esters is 2. The summed E-state index contributed by atoms with van der Waals surface area (Å²) < 4.78 is 11.0. The van der Waals surface area contributed by atoms with Gasteiger partial charge in [-0.05, 0) is 159 Å². The van der Waals surface area contributed by atoms with Crippen LogP contribution in [0.4, 0.5) is 0 Å². The van der Waals surface area contributed by atoms with Crippen LogP contribution in [0, 0.1) is 0 Å². The molecule has 0 atom stereocenters. The minimum absolute atomic E-state index is 0.313. The van der Waals surface area contributed by atoms with Crippen molar-refractivity contribution in [3.8, 4) is 44.5 Å². The van der Waals surface area contributed by atoms with E-state index in [1.807, 2.05) is 62.4 Å². The molecule has 0 heterocycles. The summed E-state index contributed by atoms with van der Waals surface area (Å²) >= 11 is 0. The topological polar surface area (TPSA) is 52.6 Å². The molecule has 4 heteroatoms. The van der Waals surface area contributed by atoms with E-state index in [4.69, 9.17) is 9.47 Å². The molecule has 0 saturated heterocycles. The number of fused-ring (bicyclic) bond motifs is 10. The van der Waals surface area contributed by atoms with Gasteiger partial charge in [0.2, 0.25) is 0 Å². The first-order valence-electron chi connectivity index (χ1n) is 21.9. The quantitative estimate of drug-likeness (QED) is 0.113. The van der Waals surface area contributed by atoms with Crippen LogP contribution in [0.5, 0.6) is 0 Å². The maximum atomic E-state index is 13.2. The molecule has 0 N–H and O–H groups in total.